The van der Waals surface area contributed by atoms with Gasteiger partial charge >= 0.3 is 5.97 Å². The fourth-order valence-electron chi connectivity index (χ4n) is 1.63. The lowest BCUT2D eigenvalue weighted by Gasteiger charge is -2.23. The summed E-state index contributed by atoms with van der Waals surface area (Å²) in [6.45, 7) is 2.10. The molecule has 0 heterocycles. The summed E-state index contributed by atoms with van der Waals surface area (Å²) in [6.07, 6.45) is 5.72. The fourth-order valence-corrected chi connectivity index (χ4v) is 1.84. The van der Waals surface area contributed by atoms with Gasteiger partial charge in [0.25, 0.3) is 0 Å². The Kier molecular flexibility index (Phi) is 5.26. The second kappa shape index (κ2) is 6.25. The van der Waals surface area contributed by atoms with Gasteiger partial charge in [-0.2, -0.15) is 0 Å². The summed E-state index contributed by atoms with van der Waals surface area (Å²) in [7, 11) is 0. The Bertz CT molecular complexity index is 178. The molecule has 0 spiro atoms. The molecule has 1 saturated carbocycles. The van der Waals surface area contributed by atoms with Crippen molar-refractivity contribution in [1.29, 1.82) is 0 Å². The van der Waals surface area contributed by atoms with Crippen LogP contribution in [0.25, 0.3) is 0 Å². The number of carbonyl (C=O) groups is 1. The van der Waals surface area contributed by atoms with Gasteiger partial charge in [-0.05, 0) is 19.8 Å². The topological polar surface area (TPSA) is 35.5 Å². The average Bonchev–Trinajstić information content (AvgIpc) is 2.19. The van der Waals surface area contributed by atoms with Crippen molar-refractivity contribution in [3.63, 3.8) is 0 Å². The van der Waals surface area contributed by atoms with Crippen molar-refractivity contribution in [3.05, 3.63) is 0 Å². The van der Waals surface area contributed by atoms with Crippen LogP contribution in [0.4, 0.5) is 0 Å². The number of halogens is 1. The first-order valence-electron chi connectivity index (χ1n) is 5.20. The van der Waals surface area contributed by atoms with Crippen molar-refractivity contribution < 1.29 is 14.3 Å². The van der Waals surface area contributed by atoms with E-state index in [2.05, 4.69) is 0 Å². The molecule has 4 heteroatoms. The Morgan fingerprint density at radius 2 is 2.07 bits per heavy atom. The van der Waals surface area contributed by atoms with E-state index in [0.717, 1.165) is 25.7 Å². The third-order valence-corrected chi connectivity index (χ3v) is 2.62. The average molecular weight is 221 g/mol. The van der Waals surface area contributed by atoms with Gasteiger partial charge in [0, 0.05) is 0 Å². The largest absolute Gasteiger partial charge is 0.463 e. The maximum absolute atomic E-state index is 11.1. The van der Waals surface area contributed by atoms with Crippen LogP contribution in [-0.2, 0) is 14.3 Å². The second-order valence-electron chi connectivity index (χ2n) is 3.46. The Morgan fingerprint density at radius 1 is 1.43 bits per heavy atom. The normalized spacial score (nSPS) is 20.4. The Hall–Kier alpha value is -0.280. The lowest BCUT2D eigenvalue weighted by molar-refractivity contribution is -0.154. The molecule has 0 aromatic carbocycles. The molecule has 0 bridgehead atoms. The molecule has 0 aliphatic heterocycles. The van der Waals surface area contributed by atoms with E-state index in [4.69, 9.17) is 21.1 Å². The van der Waals surface area contributed by atoms with Crippen molar-refractivity contribution in [2.75, 3.05) is 6.61 Å². The van der Waals surface area contributed by atoms with Gasteiger partial charge in [0.05, 0.1) is 12.7 Å². The number of hydrogen-bond donors (Lipinski definition) is 0. The highest BCUT2D eigenvalue weighted by Gasteiger charge is 2.23. The summed E-state index contributed by atoms with van der Waals surface area (Å²) in [6, 6.07) is 0. The molecule has 0 saturated heterocycles. The van der Waals surface area contributed by atoms with Gasteiger partial charge in [0.2, 0.25) is 5.56 Å². The van der Waals surface area contributed by atoms with Gasteiger partial charge in [-0.15, -0.1) is 0 Å². The van der Waals surface area contributed by atoms with Crippen molar-refractivity contribution in [1.82, 2.24) is 0 Å². The summed E-state index contributed by atoms with van der Waals surface area (Å²) < 4.78 is 10.1. The zero-order valence-corrected chi connectivity index (χ0v) is 9.26. The number of alkyl halides is 1. The van der Waals surface area contributed by atoms with Gasteiger partial charge in [0.1, 0.15) is 0 Å². The first-order valence-corrected chi connectivity index (χ1v) is 5.64. The number of rotatable bonds is 4. The number of esters is 1. The Labute approximate surface area is 89.7 Å². The minimum absolute atomic E-state index is 0.135. The Morgan fingerprint density at radius 3 is 2.64 bits per heavy atom. The van der Waals surface area contributed by atoms with E-state index >= 15 is 0 Å². The molecular weight excluding hydrogens is 204 g/mol. The monoisotopic (exact) mass is 220 g/mol. The first kappa shape index (κ1) is 11.8. The van der Waals surface area contributed by atoms with E-state index in [1.807, 2.05) is 0 Å². The van der Waals surface area contributed by atoms with Crippen LogP contribution in [0.3, 0.4) is 0 Å². The molecule has 82 valence electrons. The zero-order valence-electron chi connectivity index (χ0n) is 8.50. The summed E-state index contributed by atoms with van der Waals surface area (Å²) in [4.78, 5) is 11.1. The predicted octanol–water partition coefficient (Wildman–Crippen LogP) is 2.46. The third-order valence-electron chi connectivity index (χ3n) is 2.34. The van der Waals surface area contributed by atoms with Crippen LogP contribution < -0.4 is 0 Å². The van der Waals surface area contributed by atoms with Crippen LogP contribution in [0.2, 0.25) is 0 Å². The molecular formula is C10H17ClO3. The molecule has 0 radical (unpaired) electrons. The first-order chi connectivity index (χ1) is 6.74. The second-order valence-corrected chi connectivity index (χ2v) is 3.86. The molecule has 1 unspecified atom stereocenters. The lowest BCUT2D eigenvalue weighted by atomic mass is 9.98. The molecule has 0 aromatic heterocycles. The van der Waals surface area contributed by atoms with E-state index in [-0.39, 0.29) is 6.10 Å². The molecule has 0 amide bonds. The Balaban J connectivity index is 2.24. The zero-order chi connectivity index (χ0) is 10.4. The van der Waals surface area contributed by atoms with Crippen LogP contribution in [0.15, 0.2) is 0 Å². The number of ether oxygens (including phenoxy) is 2. The maximum atomic E-state index is 11.1. The highest BCUT2D eigenvalue weighted by Crippen LogP contribution is 2.22. The molecule has 1 atom stereocenters. The van der Waals surface area contributed by atoms with Gasteiger partial charge in [-0.1, -0.05) is 30.9 Å². The van der Waals surface area contributed by atoms with E-state index in [1.54, 1.807) is 6.92 Å². The van der Waals surface area contributed by atoms with Gasteiger partial charge in [-0.3, -0.25) is 0 Å². The van der Waals surface area contributed by atoms with Crippen molar-refractivity contribution in [3.8, 4) is 0 Å². The van der Waals surface area contributed by atoms with Crippen molar-refractivity contribution in [2.24, 2.45) is 0 Å². The lowest BCUT2D eigenvalue weighted by Crippen LogP contribution is -2.28. The molecule has 3 nitrogen and oxygen atoms in total. The fraction of sp³-hybridized carbons (Fsp3) is 0.900. The molecule has 14 heavy (non-hydrogen) atoms. The van der Waals surface area contributed by atoms with Gasteiger partial charge in [-0.25, -0.2) is 4.79 Å². The highest BCUT2D eigenvalue weighted by atomic mass is 35.5. The molecule has 0 N–H and O–H groups in total. The minimum Gasteiger partial charge on any atom is -0.463 e. The standard InChI is InChI=1S/C10H17ClO3/c1-2-13-10(12)9(11)14-8-6-4-3-5-7-8/h8-9H,2-7H2,1H3. The van der Waals surface area contributed by atoms with Crippen LogP contribution in [0.5, 0.6) is 0 Å². The smallest absolute Gasteiger partial charge is 0.351 e. The number of hydrogen-bond acceptors (Lipinski definition) is 3. The molecule has 0 aromatic rings. The quantitative estimate of drug-likeness (QED) is 0.539. The summed E-state index contributed by atoms with van der Waals surface area (Å²) in [5.74, 6) is -0.472. The van der Waals surface area contributed by atoms with Crippen LogP contribution in [-0.4, -0.2) is 24.2 Å². The summed E-state index contributed by atoms with van der Waals surface area (Å²) >= 11 is 5.75. The van der Waals surface area contributed by atoms with E-state index in [1.165, 1.54) is 6.42 Å². The molecule has 1 fully saturated rings. The maximum Gasteiger partial charge on any atom is 0.351 e. The van der Waals surface area contributed by atoms with Gasteiger partial charge < -0.3 is 9.47 Å². The SMILES string of the molecule is CCOC(=O)C(Cl)OC1CCCCC1. The van der Waals surface area contributed by atoms with E-state index in [9.17, 15) is 4.79 Å². The van der Waals surface area contributed by atoms with Gasteiger partial charge in [0.15, 0.2) is 0 Å². The van der Waals surface area contributed by atoms with Crippen molar-refractivity contribution in [2.45, 2.75) is 50.7 Å². The highest BCUT2D eigenvalue weighted by molar-refractivity contribution is 6.28. The molecule has 1 aliphatic carbocycles. The van der Waals surface area contributed by atoms with E-state index in [0.29, 0.717) is 6.61 Å². The molecule has 1 rings (SSSR count). The molecule has 1 aliphatic rings. The summed E-state index contributed by atoms with van der Waals surface area (Å²) in [5, 5.41) is 0. The summed E-state index contributed by atoms with van der Waals surface area (Å²) in [5.41, 5.74) is -0.932. The van der Waals surface area contributed by atoms with Crippen molar-refractivity contribution >= 4 is 17.6 Å². The van der Waals surface area contributed by atoms with Crippen LogP contribution >= 0.6 is 11.6 Å². The van der Waals surface area contributed by atoms with E-state index < -0.39 is 11.5 Å². The van der Waals surface area contributed by atoms with Crippen LogP contribution in [0.1, 0.15) is 39.0 Å². The van der Waals surface area contributed by atoms with Crippen LogP contribution in [0, 0.1) is 0 Å². The minimum atomic E-state index is -0.932. The predicted molar refractivity (Wildman–Crippen MR) is 54.2 cm³/mol. The number of carbonyl (C=O) groups excluding carboxylic acids is 1. The third kappa shape index (κ3) is 3.84.